The molecule has 3 aromatic carbocycles. The van der Waals surface area contributed by atoms with Crippen molar-refractivity contribution in [3.63, 3.8) is 0 Å². The van der Waals surface area contributed by atoms with Gasteiger partial charge in [0.25, 0.3) is 5.91 Å². The number of nitrogens with one attached hydrogen (secondary N) is 2. The van der Waals surface area contributed by atoms with E-state index in [0.29, 0.717) is 23.3 Å². The highest BCUT2D eigenvalue weighted by molar-refractivity contribution is 7.98. The van der Waals surface area contributed by atoms with Crippen molar-refractivity contribution in [1.29, 1.82) is 0 Å². The summed E-state index contributed by atoms with van der Waals surface area (Å²) in [6.07, 6.45) is 0. The predicted octanol–water partition coefficient (Wildman–Crippen LogP) is 6.82. The minimum Gasteiger partial charge on any atom is -0.494 e. The fraction of sp³-hybridized carbons (Fsp3) is 0.258. The van der Waals surface area contributed by atoms with Crippen molar-refractivity contribution in [2.75, 3.05) is 17.2 Å². The van der Waals surface area contributed by atoms with E-state index in [9.17, 15) is 4.79 Å². The molecule has 0 saturated carbocycles. The standard InChI is InChI=1S/C31H33N5O2S/c1-6-38-25-15-13-23(14-16-25)28-27(29(37)33-26-10-8-7-9-21(26)4)22(5)32-30-34-31(35-36(28)30)39-18-24-17-19(2)11-12-20(24)3/h7-17,28H,6,18H2,1-5H3,(H,33,37)(H,32,34,35). The number of ether oxygens (including phenoxy) is 1. The number of nitrogens with zero attached hydrogens (tertiary/aromatic N) is 3. The highest BCUT2D eigenvalue weighted by Crippen LogP contribution is 2.38. The van der Waals surface area contributed by atoms with E-state index in [-0.39, 0.29) is 5.91 Å². The molecule has 2 N–H and O–H groups in total. The molecule has 0 aliphatic carbocycles. The quantitative estimate of drug-likeness (QED) is 0.239. The van der Waals surface area contributed by atoms with Gasteiger partial charge in [0.05, 0.1) is 12.2 Å². The van der Waals surface area contributed by atoms with E-state index in [0.717, 1.165) is 34.0 Å². The van der Waals surface area contributed by atoms with Gasteiger partial charge in [-0.1, -0.05) is 65.9 Å². The molecule has 1 atom stereocenters. The number of hydrogen-bond donors (Lipinski definition) is 2. The first-order valence-corrected chi connectivity index (χ1v) is 14.1. The SMILES string of the molecule is CCOc1ccc(C2C(C(=O)Nc3ccccc3C)=C(C)Nc3nc(SCc4cc(C)ccc4C)nn32)cc1. The van der Waals surface area contributed by atoms with Gasteiger partial charge in [0.1, 0.15) is 11.8 Å². The highest BCUT2D eigenvalue weighted by atomic mass is 32.2. The van der Waals surface area contributed by atoms with E-state index in [2.05, 4.69) is 42.7 Å². The monoisotopic (exact) mass is 539 g/mol. The van der Waals surface area contributed by atoms with Gasteiger partial charge in [-0.15, -0.1) is 5.10 Å². The Kier molecular flexibility index (Phi) is 7.74. The smallest absolute Gasteiger partial charge is 0.255 e. The predicted molar refractivity (Wildman–Crippen MR) is 157 cm³/mol. The van der Waals surface area contributed by atoms with Crippen LogP contribution < -0.4 is 15.4 Å². The largest absolute Gasteiger partial charge is 0.494 e. The summed E-state index contributed by atoms with van der Waals surface area (Å²) in [7, 11) is 0. The molecular weight excluding hydrogens is 506 g/mol. The third-order valence-corrected chi connectivity index (χ3v) is 7.73. The van der Waals surface area contributed by atoms with E-state index in [4.69, 9.17) is 14.8 Å². The number of allylic oxidation sites excluding steroid dienone is 1. The van der Waals surface area contributed by atoms with E-state index in [1.807, 2.05) is 74.0 Å². The van der Waals surface area contributed by atoms with Crippen LogP contribution >= 0.6 is 11.8 Å². The Balaban J connectivity index is 1.50. The van der Waals surface area contributed by atoms with Gasteiger partial charge in [0, 0.05) is 17.1 Å². The third-order valence-electron chi connectivity index (χ3n) is 6.84. The van der Waals surface area contributed by atoms with Crippen LogP contribution in [0.3, 0.4) is 0 Å². The molecule has 0 bridgehead atoms. The summed E-state index contributed by atoms with van der Waals surface area (Å²) >= 11 is 1.59. The molecule has 1 amide bonds. The lowest BCUT2D eigenvalue weighted by Gasteiger charge is -2.29. The Morgan fingerprint density at radius 1 is 1.03 bits per heavy atom. The van der Waals surface area contributed by atoms with Gasteiger partial charge in [-0.3, -0.25) is 4.79 Å². The van der Waals surface area contributed by atoms with E-state index in [1.54, 1.807) is 11.8 Å². The first kappa shape index (κ1) is 26.6. The maximum atomic E-state index is 13.8. The Bertz CT molecular complexity index is 1540. The van der Waals surface area contributed by atoms with Crippen molar-refractivity contribution in [3.8, 4) is 5.75 Å². The fourth-order valence-electron chi connectivity index (χ4n) is 4.71. The van der Waals surface area contributed by atoms with Gasteiger partial charge >= 0.3 is 0 Å². The number of benzene rings is 3. The number of anilines is 2. The van der Waals surface area contributed by atoms with Crippen molar-refractivity contribution < 1.29 is 9.53 Å². The molecule has 4 aromatic rings. The van der Waals surface area contributed by atoms with Crippen molar-refractivity contribution in [1.82, 2.24) is 14.8 Å². The number of para-hydroxylation sites is 1. The Hall–Kier alpha value is -4.04. The number of aryl methyl sites for hydroxylation is 3. The molecule has 200 valence electrons. The molecule has 0 radical (unpaired) electrons. The molecule has 0 saturated heterocycles. The van der Waals surface area contributed by atoms with Crippen molar-refractivity contribution in [2.24, 2.45) is 0 Å². The minimum atomic E-state index is -0.455. The normalized spacial score (nSPS) is 14.5. The zero-order chi connectivity index (χ0) is 27.5. The molecule has 39 heavy (non-hydrogen) atoms. The molecule has 0 spiro atoms. The Morgan fingerprint density at radius 2 is 1.79 bits per heavy atom. The van der Waals surface area contributed by atoms with E-state index >= 15 is 0 Å². The second kappa shape index (κ2) is 11.4. The van der Waals surface area contributed by atoms with Crippen LogP contribution in [0.4, 0.5) is 11.6 Å². The average molecular weight is 540 g/mol. The van der Waals surface area contributed by atoms with Gasteiger partial charge in [-0.25, -0.2) is 4.68 Å². The maximum absolute atomic E-state index is 13.8. The molecule has 5 rings (SSSR count). The summed E-state index contributed by atoms with van der Waals surface area (Å²) in [5, 5.41) is 12.0. The summed E-state index contributed by atoms with van der Waals surface area (Å²) in [6, 6.07) is 21.6. The van der Waals surface area contributed by atoms with E-state index < -0.39 is 6.04 Å². The molecular formula is C31H33N5O2S. The summed E-state index contributed by atoms with van der Waals surface area (Å²) in [6.45, 7) is 10.7. The van der Waals surface area contributed by atoms with Crippen LogP contribution in [-0.2, 0) is 10.5 Å². The fourth-order valence-corrected chi connectivity index (χ4v) is 5.60. The highest BCUT2D eigenvalue weighted by Gasteiger charge is 2.34. The number of carbonyl (C=O) groups excluding carboxylic acids is 1. The van der Waals surface area contributed by atoms with Crippen molar-refractivity contribution in [2.45, 2.75) is 51.6 Å². The zero-order valence-corrected chi connectivity index (χ0v) is 23.7. The van der Waals surface area contributed by atoms with Crippen molar-refractivity contribution in [3.05, 3.63) is 106 Å². The van der Waals surface area contributed by atoms with Gasteiger partial charge in [0.15, 0.2) is 0 Å². The summed E-state index contributed by atoms with van der Waals surface area (Å²) in [5.74, 6) is 1.98. The number of thioether (sulfide) groups is 1. The molecule has 2 heterocycles. The number of rotatable bonds is 8. The summed E-state index contributed by atoms with van der Waals surface area (Å²) < 4.78 is 7.48. The minimum absolute atomic E-state index is 0.182. The first-order chi connectivity index (χ1) is 18.8. The molecule has 1 aliphatic rings. The van der Waals surface area contributed by atoms with Crippen LogP contribution in [0.15, 0.2) is 83.2 Å². The number of fused-ring (bicyclic) bond motifs is 1. The van der Waals surface area contributed by atoms with Crippen LogP contribution in [0.25, 0.3) is 0 Å². The van der Waals surface area contributed by atoms with Crippen LogP contribution in [0.5, 0.6) is 5.75 Å². The molecule has 8 heteroatoms. The number of hydrogen-bond acceptors (Lipinski definition) is 6. The lowest BCUT2D eigenvalue weighted by atomic mass is 9.95. The molecule has 1 unspecified atom stereocenters. The van der Waals surface area contributed by atoms with Crippen molar-refractivity contribution >= 4 is 29.3 Å². The number of amides is 1. The zero-order valence-electron chi connectivity index (χ0n) is 22.9. The summed E-state index contributed by atoms with van der Waals surface area (Å²) in [5.41, 5.74) is 7.77. The van der Waals surface area contributed by atoms with Gasteiger partial charge in [-0.05, 0) is 75.1 Å². The second-order valence-electron chi connectivity index (χ2n) is 9.72. The average Bonchev–Trinajstić information content (AvgIpc) is 3.32. The summed E-state index contributed by atoms with van der Waals surface area (Å²) in [4.78, 5) is 18.6. The lowest BCUT2D eigenvalue weighted by molar-refractivity contribution is -0.113. The van der Waals surface area contributed by atoms with E-state index in [1.165, 1.54) is 16.7 Å². The molecule has 0 fully saturated rings. The lowest BCUT2D eigenvalue weighted by Crippen LogP contribution is -2.31. The Labute approximate surface area is 233 Å². The van der Waals surface area contributed by atoms with Gasteiger partial charge in [-0.2, -0.15) is 4.98 Å². The molecule has 7 nitrogen and oxygen atoms in total. The van der Waals surface area contributed by atoms with Crippen LogP contribution in [0.1, 0.15) is 47.7 Å². The first-order valence-electron chi connectivity index (χ1n) is 13.1. The van der Waals surface area contributed by atoms with Crippen LogP contribution in [-0.4, -0.2) is 27.3 Å². The second-order valence-corrected chi connectivity index (χ2v) is 10.7. The van der Waals surface area contributed by atoms with Crippen LogP contribution in [0, 0.1) is 20.8 Å². The van der Waals surface area contributed by atoms with Gasteiger partial charge in [0.2, 0.25) is 11.1 Å². The van der Waals surface area contributed by atoms with Gasteiger partial charge < -0.3 is 15.4 Å². The Morgan fingerprint density at radius 3 is 2.54 bits per heavy atom. The number of aromatic nitrogens is 3. The third kappa shape index (κ3) is 5.71. The van der Waals surface area contributed by atoms with Crippen LogP contribution in [0.2, 0.25) is 0 Å². The molecule has 1 aliphatic heterocycles. The molecule has 1 aromatic heterocycles. The number of carbonyl (C=O) groups is 1. The topological polar surface area (TPSA) is 81.1 Å². The maximum Gasteiger partial charge on any atom is 0.255 e.